The molecule has 2 heterocycles. The number of hydrogen-bond donors (Lipinski definition) is 3. The van der Waals surface area contributed by atoms with Crippen molar-refractivity contribution in [3.63, 3.8) is 0 Å². The number of anilines is 3. The van der Waals surface area contributed by atoms with Crippen LogP contribution in [-0.4, -0.2) is 54.2 Å². The van der Waals surface area contributed by atoms with Gasteiger partial charge in [-0.2, -0.15) is 15.0 Å². The highest BCUT2D eigenvalue weighted by Gasteiger charge is 2.15. The lowest BCUT2D eigenvalue weighted by Crippen LogP contribution is -2.44. The van der Waals surface area contributed by atoms with Crippen molar-refractivity contribution < 1.29 is 0 Å². The van der Waals surface area contributed by atoms with Gasteiger partial charge in [-0.3, -0.25) is 0 Å². The number of rotatable bonds is 9. The van der Waals surface area contributed by atoms with Crippen molar-refractivity contribution in [1.29, 1.82) is 0 Å². The molecule has 1 aliphatic heterocycles. The molecule has 1 aromatic heterocycles. The Morgan fingerprint density at radius 3 is 1.95 bits per heavy atom. The molecule has 124 valence electrons. The fourth-order valence-electron chi connectivity index (χ4n) is 2.28. The van der Waals surface area contributed by atoms with E-state index in [0.717, 1.165) is 70.9 Å². The fourth-order valence-corrected chi connectivity index (χ4v) is 2.28. The molecule has 1 saturated heterocycles. The molecule has 0 radical (unpaired) electrons. The summed E-state index contributed by atoms with van der Waals surface area (Å²) in [5, 5.41) is 9.98. The number of hydrogen-bond acceptors (Lipinski definition) is 7. The highest BCUT2D eigenvalue weighted by Crippen LogP contribution is 2.14. The van der Waals surface area contributed by atoms with Crippen LogP contribution < -0.4 is 20.9 Å². The monoisotopic (exact) mass is 307 g/mol. The molecule has 0 amide bonds. The van der Waals surface area contributed by atoms with Gasteiger partial charge in [0.15, 0.2) is 0 Å². The maximum atomic E-state index is 4.58. The first-order valence-corrected chi connectivity index (χ1v) is 8.53. The Morgan fingerprint density at radius 2 is 1.45 bits per heavy atom. The topological polar surface area (TPSA) is 78.0 Å². The fraction of sp³-hybridized carbons (Fsp3) is 0.800. The van der Waals surface area contributed by atoms with E-state index in [4.69, 9.17) is 0 Å². The van der Waals surface area contributed by atoms with Crippen molar-refractivity contribution in [2.45, 2.75) is 39.5 Å². The van der Waals surface area contributed by atoms with E-state index >= 15 is 0 Å². The first-order valence-electron chi connectivity index (χ1n) is 8.53. The van der Waals surface area contributed by atoms with Crippen molar-refractivity contribution in [3.05, 3.63) is 0 Å². The molecule has 7 nitrogen and oxygen atoms in total. The van der Waals surface area contributed by atoms with Gasteiger partial charge in [-0.15, -0.1) is 0 Å². The molecule has 1 aromatic rings. The summed E-state index contributed by atoms with van der Waals surface area (Å²) in [6.45, 7) is 9.98. The summed E-state index contributed by atoms with van der Waals surface area (Å²) in [6.07, 6.45) is 4.55. The number of nitrogens with one attached hydrogen (secondary N) is 3. The van der Waals surface area contributed by atoms with Crippen LogP contribution in [0.15, 0.2) is 0 Å². The summed E-state index contributed by atoms with van der Waals surface area (Å²) in [5.74, 6) is 2.13. The minimum atomic E-state index is 0.677. The first kappa shape index (κ1) is 16.7. The summed E-state index contributed by atoms with van der Waals surface area (Å²) in [4.78, 5) is 15.9. The van der Waals surface area contributed by atoms with Crippen LogP contribution in [0.2, 0.25) is 0 Å². The number of unbranched alkanes of at least 4 members (excludes halogenated alkanes) is 2. The van der Waals surface area contributed by atoms with Crippen LogP contribution in [0.4, 0.5) is 17.8 Å². The van der Waals surface area contributed by atoms with Crippen molar-refractivity contribution in [1.82, 2.24) is 20.3 Å². The quantitative estimate of drug-likeness (QED) is 0.599. The predicted octanol–water partition coefficient (Wildman–Crippen LogP) is 1.71. The summed E-state index contributed by atoms with van der Waals surface area (Å²) in [7, 11) is 0. The number of piperazine rings is 1. The normalized spacial score (nSPS) is 14.9. The highest BCUT2D eigenvalue weighted by atomic mass is 15.3. The third kappa shape index (κ3) is 5.29. The van der Waals surface area contributed by atoms with E-state index in [1.165, 1.54) is 0 Å². The molecule has 1 aliphatic rings. The molecule has 0 aliphatic carbocycles. The van der Waals surface area contributed by atoms with Gasteiger partial charge in [-0.05, 0) is 12.8 Å². The average molecular weight is 307 g/mol. The Labute approximate surface area is 133 Å². The van der Waals surface area contributed by atoms with Crippen LogP contribution in [0.5, 0.6) is 0 Å². The maximum absolute atomic E-state index is 4.58. The zero-order chi connectivity index (χ0) is 15.6. The minimum Gasteiger partial charge on any atom is -0.354 e. The molecule has 22 heavy (non-hydrogen) atoms. The number of nitrogens with zero attached hydrogens (tertiary/aromatic N) is 4. The summed E-state index contributed by atoms with van der Waals surface area (Å²) in [5.41, 5.74) is 0. The van der Waals surface area contributed by atoms with Crippen LogP contribution in [0, 0.1) is 0 Å². The molecule has 2 rings (SSSR count). The van der Waals surface area contributed by atoms with Gasteiger partial charge in [0.1, 0.15) is 0 Å². The van der Waals surface area contributed by atoms with E-state index in [2.05, 4.69) is 49.6 Å². The summed E-state index contributed by atoms with van der Waals surface area (Å²) < 4.78 is 0. The standard InChI is InChI=1S/C15H29N7/c1-3-5-7-17-13-19-14(18-8-6-4-2)21-15(20-13)22-11-9-16-10-12-22/h16H,3-12H2,1-2H3,(H2,17,18,19,20,21). The smallest absolute Gasteiger partial charge is 0.232 e. The van der Waals surface area contributed by atoms with E-state index < -0.39 is 0 Å². The zero-order valence-electron chi connectivity index (χ0n) is 13.9. The van der Waals surface area contributed by atoms with Crippen LogP contribution in [0.1, 0.15) is 39.5 Å². The van der Waals surface area contributed by atoms with E-state index in [1.54, 1.807) is 0 Å². The molecule has 1 fully saturated rings. The average Bonchev–Trinajstić information content (AvgIpc) is 2.56. The Hall–Kier alpha value is -1.63. The molecule has 0 saturated carbocycles. The Morgan fingerprint density at radius 1 is 0.909 bits per heavy atom. The van der Waals surface area contributed by atoms with Gasteiger partial charge in [0.2, 0.25) is 17.8 Å². The van der Waals surface area contributed by atoms with Crippen molar-refractivity contribution >= 4 is 17.8 Å². The van der Waals surface area contributed by atoms with Crippen LogP contribution in [0.3, 0.4) is 0 Å². The van der Waals surface area contributed by atoms with Gasteiger partial charge in [0.25, 0.3) is 0 Å². The second-order valence-electron chi connectivity index (χ2n) is 5.58. The van der Waals surface area contributed by atoms with Crippen molar-refractivity contribution in [2.24, 2.45) is 0 Å². The molecule has 7 heteroatoms. The predicted molar refractivity (Wildman–Crippen MR) is 91.7 cm³/mol. The van der Waals surface area contributed by atoms with Crippen LogP contribution >= 0.6 is 0 Å². The highest BCUT2D eigenvalue weighted by molar-refractivity contribution is 5.44. The van der Waals surface area contributed by atoms with Gasteiger partial charge in [-0.1, -0.05) is 26.7 Å². The largest absolute Gasteiger partial charge is 0.354 e. The molecule has 0 unspecified atom stereocenters. The second-order valence-corrected chi connectivity index (χ2v) is 5.58. The van der Waals surface area contributed by atoms with E-state index in [0.29, 0.717) is 11.9 Å². The lowest BCUT2D eigenvalue weighted by Gasteiger charge is -2.27. The molecule has 3 N–H and O–H groups in total. The van der Waals surface area contributed by atoms with E-state index in [-0.39, 0.29) is 0 Å². The molecule has 0 aromatic carbocycles. The van der Waals surface area contributed by atoms with Gasteiger partial charge >= 0.3 is 0 Å². The molecule has 0 bridgehead atoms. The van der Waals surface area contributed by atoms with E-state index in [9.17, 15) is 0 Å². The Bertz CT molecular complexity index is 404. The third-order valence-corrected chi connectivity index (χ3v) is 3.65. The first-order chi connectivity index (χ1) is 10.8. The zero-order valence-corrected chi connectivity index (χ0v) is 13.9. The van der Waals surface area contributed by atoms with E-state index in [1.807, 2.05) is 0 Å². The van der Waals surface area contributed by atoms with Crippen molar-refractivity contribution in [2.75, 3.05) is 54.8 Å². The van der Waals surface area contributed by atoms with Gasteiger partial charge in [0, 0.05) is 39.3 Å². The van der Waals surface area contributed by atoms with Gasteiger partial charge < -0.3 is 20.9 Å². The molecule has 0 spiro atoms. The van der Waals surface area contributed by atoms with Crippen LogP contribution in [0.25, 0.3) is 0 Å². The van der Waals surface area contributed by atoms with Crippen molar-refractivity contribution in [3.8, 4) is 0 Å². The third-order valence-electron chi connectivity index (χ3n) is 3.65. The minimum absolute atomic E-state index is 0.677. The molecule has 0 atom stereocenters. The van der Waals surface area contributed by atoms with Gasteiger partial charge in [-0.25, -0.2) is 0 Å². The van der Waals surface area contributed by atoms with Crippen LogP contribution in [-0.2, 0) is 0 Å². The summed E-state index contributed by atoms with van der Waals surface area (Å²) in [6, 6.07) is 0. The second kappa shape index (κ2) is 9.40. The lowest BCUT2D eigenvalue weighted by atomic mass is 10.3. The SMILES string of the molecule is CCCCNc1nc(NCCCC)nc(N2CCNCC2)n1. The summed E-state index contributed by atoms with van der Waals surface area (Å²) >= 11 is 0. The Kier molecular flexibility index (Phi) is 7.15. The maximum Gasteiger partial charge on any atom is 0.232 e. The molecular weight excluding hydrogens is 278 g/mol. The Balaban J connectivity index is 2.07. The van der Waals surface area contributed by atoms with Gasteiger partial charge in [0.05, 0.1) is 0 Å². The number of aromatic nitrogens is 3. The lowest BCUT2D eigenvalue weighted by molar-refractivity contribution is 0.579. The molecular formula is C15H29N7.